The van der Waals surface area contributed by atoms with Gasteiger partial charge in [0.25, 0.3) is 0 Å². The number of likely N-dealkylation sites (N-methyl/N-ethyl adjacent to an activating group) is 1. The largest absolute Gasteiger partial charge is 0.334 e. The van der Waals surface area contributed by atoms with Crippen molar-refractivity contribution in [1.82, 2.24) is 19.4 Å². The predicted octanol–water partition coefficient (Wildman–Crippen LogP) is 0.674. The third-order valence-electron chi connectivity index (χ3n) is 4.38. The average Bonchev–Trinajstić information content (AvgIpc) is 2.67. The number of hydrogen-bond acceptors (Lipinski definition) is 4. The van der Waals surface area contributed by atoms with Gasteiger partial charge in [0.15, 0.2) is 0 Å². The van der Waals surface area contributed by atoms with Gasteiger partial charge in [0.2, 0.25) is 0 Å². The molecular weight excluding hydrogens is 238 g/mol. The average molecular weight is 265 g/mol. The maximum atomic E-state index is 6.05. The van der Waals surface area contributed by atoms with E-state index in [1.807, 2.05) is 0 Å². The van der Waals surface area contributed by atoms with Crippen LogP contribution >= 0.6 is 0 Å². The van der Waals surface area contributed by atoms with Crippen molar-refractivity contribution in [3.05, 3.63) is 17.2 Å². The highest BCUT2D eigenvalue weighted by atomic mass is 15.3. The van der Waals surface area contributed by atoms with E-state index in [1.165, 1.54) is 5.69 Å². The van der Waals surface area contributed by atoms with E-state index in [0.717, 1.165) is 44.2 Å². The Kier molecular flexibility index (Phi) is 4.60. The number of aryl methyl sites for hydroxylation is 2. The third kappa shape index (κ3) is 2.83. The number of hydrogen-bond donors (Lipinski definition) is 1. The highest BCUT2D eigenvalue weighted by Gasteiger charge is 2.27. The molecule has 0 saturated carbocycles. The Morgan fingerprint density at radius 3 is 2.26 bits per heavy atom. The van der Waals surface area contributed by atoms with Crippen molar-refractivity contribution in [2.24, 2.45) is 12.8 Å². The van der Waals surface area contributed by atoms with Gasteiger partial charge in [-0.1, -0.05) is 6.92 Å². The summed E-state index contributed by atoms with van der Waals surface area (Å²) in [4.78, 5) is 9.58. The van der Waals surface area contributed by atoms with Gasteiger partial charge in [-0.25, -0.2) is 4.98 Å². The molecule has 2 rings (SSSR count). The van der Waals surface area contributed by atoms with E-state index in [1.54, 1.807) is 0 Å². The van der Waals surface area contributed by atoms with Gasteiger partial charge in [-0.15, -0.1) is 0 Å². The van der Waals surface area contributed by atoms with Gasteiger partial charge in [0.1, 0.15) is 5.82 Å². The van der Waals surface area contributed by atoms with Crippen LogP contribution in [0.1, 0.15) is 30.2 Å². The van der Waals surface area contributed by atoms with Crippen LogP contribution in [0.4, 0.5) is 0 Å². The maximum absolute atomic E-state index is 6.05. The molecular formula is C14H27N5. The molecule has 1 aliphatic heterocycles. The van der Waals surface area contributed by atoms with Gasteiger partial charge in [0.05, 0.1) is 17.4 Å². The fourth-order valence-electron chi connectivity index (χ4n) is 3.08. The molecule has 0 radical (unpaired) electrons. The van der Waals surface area contributed by atoms with Crippen molar-refractivity contribution in [1.29, 1.82) is 0 Å². The van der Waals surface area contributed by atoms with Crippen molar-refractivity contribution in [2.75, 3.05) is 39.3 Å². The summed E-state index contributed by atoms with van der Waals surface area (Å²) in [5.74, 6) is 1.07. The summed E-state index contributed by atoms with van der Waals surface area (Å²) in [5, 5.41) is 0. The summed E-state index contributed by atoms with van der Waals surface area (Å²) in [5.41, 5.74) is 8.45. The molecule has 0 bridgehead atoms. The molecule has 1 unspecified atom stereocenters. The zero-order valence-electron chi connectivity index (χ0n) is 12.7. The second-order valence-electron chi connectivity index (χ2n) is 5.41. The summed E-state index contributed by atoms with van der Waals surface area (Å²) in [7, 11) is 2.09. The minimum absolute atomic E-state index is 0.296. The van der Waals surface area contributed by atoms with Crippen molar-refractivity contribution in [2.45, 2.75) is 26.8 Å². The van der Waals surface area contributed by atoms with Crippen LogP contribution in [0, 0.1) is 13.8 Å². The number of aromatic nitrogens is 2. The van der Waals surface area contributed by atoms with E-state index in [0.29, 0.717) is 12.6 Å². The van der Waals surface area contributed by atoms with Crippen LogP contribution in [0.3, 0.4) is 0 Å². The molecule has 1 aromatic heterocycles. The van der Waals surface area contributed by atoms with Gasteiger partial charge in [-0.05, 0) is 20.4 Å². The molecule has 5 heteroatoms. The lowest BCUT2D eigenvalue weighted by Gasteiger charge is -2.38. The fraction of sp³-hybridized carbons (Fsp3) is 0.786. The summed E-state index contributed by atoms with van der Waals surface area (Å²) in [6.45, 7) is 12.7. The number of imidazole rings is 1. The minimum atomic E-state index is 0.296. The smallest absolute Gasteiger partial charge is 0.105 e. The summed E-state index contributed by atoms with van der Waals surface area (Å²) in [6, 6.07) is 0.296. The zero-order chi connectivity index (χ0) is 14.0. The number of piperazine rings is 1. The number of nitrogens with zero attached hydrogens (tertiary/aromatic N) is 4. The second-order valence-corrected chi connectivity index (χ2v) is 5.41. The molecule has 2 N–H and O–H groups in total. The minimum Gasteiger partial charge on any atom is -0.334 e. The van der Waals surface area contributed by atoms with E-state index in [-0.39, 0.29) is 0 Å². The molecule has 0 aromatic carbocycles. The first-order valence-corrected chi connectivity index (χ1v) is 7.24. The van der Waals surface area contributed by atoms with E-state index >= 15 is 0 Å². The monoisotopic (exact) mass is 265 g/mol. The predicted molar refractivity (Wildman–Crippen MR) is 78.2 cm³/mol. The molecule has 2 heterocycles. The zero-order valence-corrected chi connectivity index (χ0v) is 12.7. The molecule has 1 aromatic rings. The first-order chi connectivity index (χ1) is 9.08. The van der Waals surface area contributed by atoms with Gasteiger partial charge in [0, 0.05) is 39.8 Å². The topological polar surface area (TPSA) is 50.3 Å². The first-order valence-electron chi connectivity index (χ1n) is 7.24. The van der Waals surface area contributed by atoms with Crippen LogP contribution in [0.2, 0.25) is 0 Å². The lowest BCUT2D eigenvalue weighted by atomic mass is 10.1. The van der Waals surface area contributed by atoms with Gasteiger partial charge >= 0.3 is 0 Å². The van der Waals surface area contributed by atoms with Crippen molar-refractivity contribution in [3.63, 3.8) is 0 Å². The van der Waals surface area contributed by atoms with Gasteiger partial charge < -0.3 is 15.2 Å². The lowest BCUT2D eigenvalue weighted by Crippen LogP contribution is -2.49. The number of rotatable bonds is 4. The highest BCUT2D eigenvalue weighted by molar-refractivity contribution is 5.20. The lowest BCUT2D eigenvalue weighted by molar-refractivity contribution is 0.0988. The number of nitrogens with two attached hydrogens (primary N) is 1. The van der Waals surface area contributed by atoms with E-state index < -0.39 is 0 Å². The second kappa shape index (κ2) is 6.03. The standard InChI is InChI=1S/C14H27N5/c1-5-18-6-8-19(9-7-18)13(10-15)14-11(2)16-12(3)17(14)4/h13H,5-10,15H2,1-4H3. The van der Waals surface area contributed by atoms with Crippen LogP contribution in [0.25, 0.3) is 0 Å². The van der Waals surface area contributed by atoms with Crippen molar-refractivity contribution in [3.8, 4) is 0 Å². The molecule has 0 amide bonds. The molecule has 108 valence electrons. The summed E-state index contributed by atoms with van der Waals surface area (Å²) >= 11 is 0. The third-order valence-corrected chi connectivity index (χ3v) is 4.38. The van der Waals surface area contributed by atoms with Crippen LogP contribution in [-0.2, 0) is 7.05 Å². The first kappa shape index (κ1) is 14.5. The Morgan fingerprint density at radius 1 is 1.21 bits per heavy atom. The Bertz CT molecular complexity index is 418. The molecule has 0 aliphatic carbocycles. The Balaban J connectivity index is 2.16. The Labute approximate surface area is 116 Å². The van der Waals surface area contributed by atoms with Crippen LogP contribution in [0.15, 0.2) is 0 Å². The Hall–Kier alpha value is -0.910. The molecule has 19 heavy (non-hydrogen) atoms. The van der Waals surface area contributed by atoms with Gasteiger partial charge in [-0.2, -0.15) is 0 Å². The molecule has 1 saturated heterocycles. The molecule has 1 atom stereocenters. The van der Waals surface area contributed by atoms with E-state index in [4.69, 9.17) is 5.73 Å². The van der Waals surface area contributed by atoms with Crippen LogP contribution < -0.4 is 5.73 Å². The molecule has 5 nitrogen and oxygen atoms in total. The normalized spacial score (nSPS) is 19.8. The molecule has 0 spiro atoms. The van der Waals surface area contributed by atoms with Crippen LogP contribution in [-0.4, -0.2) is 58.6 Å². The Morgan fingerprint density at radius 2 is 1.84 bits per heavy atom. The van der Waals surface area contributed by atoms with Crippen LogP contribution in [0.5, 0.6) is 0 Å². The fourth-order valence-corrected chi connectivity index (χ4v) is 3.08. The summed E-state index contributed by atoms with van der Waals surface area (Å²) < 4.78 is 2.19. The molecule has 1 aliphatic rings. The quantitative estimate of drug-likeness (QED) is 0.869. The maximum Gasteiger partial charge on any atom is 0.105 e. The van der Waals surface area contributed by atoms with Crippen molar-refractivity contribution >= 4 is 0 Å². The SMILES string of the molecule is CCN1CCN(C(CN)c2c(C)nc(C)n2C)CC1. The highest BCUT2D eigenvalue weighted by Crippen LogP contribution is 2.24. The summed E-state index contributed by atoms with van der Waals surface area (Å²) in [6.07, 6.45) is 0. The van der Waals surface area contributed by atoms with E-state index in [2.05, 4.69) is 47.2 Å². The van der Waals surface area contributed by atoms with Crippen molar-refractivity contribution < 1.29 is 0 Å². The van der Waals surface area contributed by atoms with E-state index in [9.17, 15) is 0 Å². The molecule has 1 fully saturated rings. The van der Waals surface area contributed by atoms with Gasteiger partial charge in [-0.3, -0.25) is 4.90 Å².